The van der Waals surface area contributed by atoms with Gasteiger partial charge < -0.3 is 15.8 Å². The second-order valence-corrected chi connectivity index (χ2v) is 5.10. The van der Waals surface area contributed by atoms with Crippen LogP contribution in [0.5, 0.6) is 0 Å². The van der Waals surface area contributed by atoms with E-state index in [9.17, 15) is 4.79 Å². The van der Waals surface area contributed by atoms with E-state index in [4.69, 9.17) is 10.5 Å². The Hall–Kier alpha value is -0.610. The molecular weight excluding hydrogens is 216 g/mol. The molecule has 0 radical (unpaired) electrons. The minimum atomic E-state index is 0.0855. The van der Waals surface area contributed by atoms with Crippen LogP contribution in [0.25, 0.3) is 0 Å². The molecule has 0 aromatic carbocycles. The summed E-state index contributed by atoms with van der Waals surface area (Å²) in [7, 11) is 1.66. The Morgan fingerprint density at radius 1 is 1.53 bits per heavy atom. The number of amides is 1. The van der Waals surface area contributed by atoms with E-state index in [-0.39, 0.29) is 17.9 Å². The van der Waals surface area contributed by atoms with Gasteiger partial charge in [0, 0.05) is 19.6 Å². The Labute approximate surface area is 104 Å². The predicted octanol–water partition coefficient (Wildman–Crippen LogP) is 1.29. The molecule has 1 aliphatic rings. The number of nitrogens with two attached hydrogens (primary N) is 1. The van der Waals surface area contributed by atoms with Crippen LogP contribution in [-0.2, 0) is 9.53 Å². The van der Waals surface area contributed by atoms with Crippen molar-refractivity contribution in [3.05, 3.63) is 0 Å². The lowest BCUT2D eigenvalue weighted by Crippen LogP contribution is -2.38. The van der Waals surface area contributed by atoms with E-state index in [2.05, 4.69) is 5.32 Å². The zero-order valence-corrected chi connectivity index (χ0v) is 11.1. The number of ether oxygens (including phenoxy) is 1. The van der Waals surface area contributed by atoms with E-state index in [0.717, 1.165) is 32.2 Å². The molecule has 1 rings (SSSR count). The summed E-state index contributed by atoms with van der Waals surface area (Å²) in [6, 6.07) is 0. The number of carbonyl (C=O) groups is 1. The van der Waals surface area contributed by atoms with Crippen LogP contribution in [0.3, 0.4) is 0 Å². The van der Waals surface area contributed by atoms with Crippen LogP contribution in [-0.4, -0.2) is 32.2 Å². The Kier molecular flexibility index (Phi) is 6.52. The summed E-state index contributed by atoms with van der Waals surface area (Å²) in [5.41, 5.74) is 5.58. The maximum Gasteiger partial charge on any atom is 0.223 e. The van der Waals surface area contributed by atoms with Crippen molar-refractivity contribution in [3.8, 4) is 0 Å². The van der Waals surface area contributed by atoms with E-state index in [1.165, 1.54) is 6.42 Å². The molecule has 0 aromatic heterocycles. The summed E-state index contributed by atoms with van der Waals surface area (Å²) in [4.78, 5) is 12.0. The molecule has 1 aliphatic carbocycles. The van der Waals surface area contributed by atoms with Crippen LogP contribution < -0.4 is 11.1 Å². The van der Waals surface area contributed by atoms with Crippen LogP contribution in [0.15, 0.2) is 0 Å². The van der Waals surface area contributed by atoms with Gasteiger partial charge in [-0.3, -0.25) is 4.79 Å². The fourth-order valence-electron chi connectivity index (χ4n) is 2.50. The number of rotatable bonds is 6. The van der Waals surface area contributed by atoms with Gasteiger partial charge in [0.1, 0.15) is 0 Å². The zero-order chi connectivity index (χ0) is 12.7. The molecule has 1 amide bonds. The highest BCUT2D eigenvalue weighted by atomic mass is 16.5. The molecule has 0 aliphatic heterocycles. The molecule has 4 nitrogen and oxygen atoms in total. The Balaban J connectivity index is 2.30. The first kappa shape index (κ1) is 14.5. The van der Waals surface area contributed by atoms with Gasteiger partial charge in [-0.1, -0.05) is 12.8 Å². The van der Waals surface area contributed by atoms with Crippen LogP contribution in [0.1, 0.15) is 39.0 Å². The maximum atomic E-state index is 12.0. The van der Waals surface area contributed by atoms with Crippen molar-refractivity contribution in [3.63, 3.8) is 0 Å². The number of nitrogens with one attached hydrogen (secondary N) is 1. The second kappa shape index (κ2) is 7.67. The van der Waals surface area contributed by atoms with Gasteiger partial charge in [-0.2, -0.15) is 0 Å². The molecular formula is C13H26N2O2. The minimum Gasteiger partial charge on any atom is -0.380 e. The number of methoxy groups -OCH3 is 1. The monoisotopic (exact) mass is 242 g/mol. The summed E-state index contributed by atoms with van der Waals surface area (Å²) in [6.07, 6.45) is 5.55. The summed E-state index contributed by atoms with van der Waals surface area (Å²) in [5, 5.41) is 2.97. The van der Waals surface area contributed by atoms with Crippen molar-refractivity contribution >= 4 is 5.91 Å². The van der Waals surface area contributed by atoms with Gasteiger partial charge in [0.05, 0.1) is 6.10 Å². The first-order valence-electron chi connectivity index (χ1n) is 6.68. The maximum absolute atomic E-state index is 12.0. The lowest BCUT2D eigenvalue weighted by atomic mass is 9.79. The van der Waals surface area contributed by atoms with Crippen molar-refractivity contribution < 1.29 is 9.53 Å². The highest BCUT2D eigenvalue weighted by Gasteiger charge is 2.26. The largest absolute Gasteiger partial charge is 0.380 e. The summed E-state index contributed by atoms with van der Waals surface area (Å²) >= 11 is 0. The first-order chi connectivity index (χ1) is 8.17. The van der Waals surface area contributed by atoms with E-state index < -0.39 is 0 Å². The lowest BCUT2D eigenvalue weighted by Gasteiger charge is -2.28. The van der Waals surface area contributed by atoms with Crippen molar-refractivity contribution in [2.75, 3.05) is 20.2 Å². The van der Waals surface area contributed by atoms with Gasteiger partial charge in [0.15, 0.2) is 0 Å². The Morgan fingerprint density at radius 2 is 2.29 bits per heavy atom. The normalized spacial score (nSPS) is 26.5. The van der Waals surface area contributed by atoms with E-state index >= 15 is 0 Å². The SMILES string of the molecule is COC(C)CNC(=O)C1CCCC(CCN)C1. The standard InChI is InChI=1S/C13H26N2O2/c1-10(17-2)9-15-13(16)12-5-3-4-11(8-12)6-7-14/h10-12H,3-9,14H2,1-2H3,(H,15,16). The van der Waals surface area contributed by atoms with Gasteiger partial charge in [-0.25, -0.2) is 0 Å². The lowest BCUT2D eigenvalue weighted by molar-refractivity contribution is -0.127. The fraction of sp³-hybridized carbons (Fsp3) is 0.923. The average molecular weight is 242 g/mol. The number of hydrogen-bond acceptors (Lipinski definition) is 3. The van der Waals surface area contributed by atoms with Crippen molar-refractivity contribution in [2.24, 2.45) is 17.6 Å². The molecule has 1 saturated carbocycles. The predicted molar refractivity (Wildman–Crippen MR) is 68.6 cm³/mol. The van der Waals surface area contributed by atoms with E-state index in [1.807, 2.05) is 6.92 Å². The summed E-state index contributed by atoms with van der Waals surface area (Å²) in [6.45, 7) is 3.30. The zero-order valence-electron chi connectivity index (χ0n) is 11.1. The van der Waals surface area contributed by atoms with Crippen LogP contribution >= 0.6 is 0 Å². The fourth-order valence-corrected chi connectivity index (χ4v) is 2.50. The number of carbonyl (C=O) groups excluding carboxylic acids is 1. The highest BCUT2D eigenvalue weighted by molar-refractivity contribution is 5.78. The molecule has 0 saturated heterocycles. The third kappa shape index (κ3) is 5.04. The molecule has 17 heavy (non-hydrogen) atoms. The molecule has 0 heterocycles. The average Bonchev–Trinajstić information content (AvgIpc) is 2.36. The molecule has 100 valence electrons. The Morgan fingerprint density at radius 3 is 2.94 bits per heavy atom. The molecule has 0 spiro atoms. The van der Waals surface area contributed by atoms with Crippen LogP contribution in [0.4, 0.5) is 0 Å². The molecule has 0 aromatic rings. The molecule has 3 atom stereocenters. The molecule has 4 heteroatoms. The molecule has 1 fully saturated rings. The summed E-state index contributed by atoms with van der Waals surface area (Å²) < 4.78 is 5.12. The minimum absolute atomic E-state index is 0.0855. The first-order valence-corrected chi connectivity index (χ1v) is 6.68. The van der Waals surface area contributed by atoms with Gasteiger partial charge in [0.2, 0.25) is 5.91 Å². The van der Waals surface area contributed by atoms with Crippen molar-refractivity contribution in [1.82, 2.24) is 5.32 Å². The third-order valence-corrected chi connectivity index (χ3v) is 3.69. The third-order valence-electron chi connectivity index (χ3n) is 3.69. The van der Waals surface area contributed by atoms with Crippen molar-refractivity contribution in [1.29, 1.82) is 0 Å². The van der Waals surface area contributed by atoms with Crippen LogP contribution in [0, 0.1) is 11.8 Å². The van der Waals surface area contributed by atoms with Gasteiger partial charge >= 0.3 is 0 Å². The van der Waals surface area contributed by atoms with Crippen LogP contribution in [0.2, 0.25) is 0 Å². The van der Waals surface area contributed by atoms with E-state index in [1.54, 1.807) is 7.11 Å². The topological polar surface area (TPSA) is 64.3 Å². The van der Waals surface area contributed by atoms with Gasteiger partial charge in [-0.15, -0.1) is 0 Å². The van der Waals surface area contributed by atoms with E-state index in [0.29, 0.717) is 12.5 Å². The quantitative estimate of drug-likeness (QED) is 0.737. The smallest absolute Gasteiger partial charge is 0.223 e. The highest BCUT2D eigenvalue weighted by Crippen LogP contribution is 2.30. The van der Waals surface area contributed by atoms with Crippen molar-refractivity contribution in [2.45, 2.75) is 45.1 Å². The second-order valence-electron chi connectivity index (χ2n) is 5.10. The summed E-state index contributed by atoms with van der Waals surface area (Å²) in [5.74, 6) is 1.02. The molecule has 3 N–H and O–H groups in total. The Bertz CT molecular complexity index is 231. The van der Waals surface area contributed by atoms with Gasteiger partial charge in [-0.05, 0) is 38.6 Å². The number of hydrogen-bond donors (Lipinski definition) is 2. The molecule has 3 unspecified atom stereocenters. The molecule has 0 bridgehead atoms. The van der Waals surface area contributed by atoms with Gasteiger partial charge in [0.25, 0.3) is 0 Å².